The van der Waals surface area contributed by atoms with E-state index in [1.165, 1.54) is 0 Å². The average molecular weight is 318 g/mol. The van der Waals surface area contributed by atoms with Crippen molar-refractivity contribution in [2.24, 2.45) is 0 Å². The van der Waals surface area contributed by atoms with Gasteiger partial charge >= 0.3 is 0 Å². The van der Waals surface area contributed by atoms with E-state index in [1.807, 2.05) is 79.7 Å². The maximum absolute atomic E-state index is 12.4. The predicted octanol–water partition coefficient (Wildman–Crippen LogP) is 2.41. The summed E-state index contributed by atoms with van der Waals surface area (Å²) in [6.45, 7) is 0.609. The first kappa shape index (κ1) is 16.7. The molecule has 0 fully saturated rings. The molecule has 2 aromatic carbocycles. The van der Waals surface area contributed by atoms with Crippen LogP contribution in [0.25, 0.3) is 0 Å². The normalized spacial score (nSPS) is 13.2. The lowest BCUT2D eigenvalue weighted by Gasteiger charge is -2.22. The Bertz CT molecular complexity index is 670. The van der Waals surface area contributed by atoms with Gasteiger partial charge in [-0.05, 0) is 25.2 Å². The van der Waals surface area contributed by atoms with Crippen molar-refractivity contribution in [1.29, 1.82) is 0 Å². The van der Waals surface area contributed by atoms with Crippen LogP contribution in [0.5, 0.6) is 0 Å². The van der Waals surface area contributed by atoms with Crippen LogP contribution in [0.15, 0.2) is 60.7 Å². The number of sulfonamides is 1. The molecule has 0 radical (unpaired) electrons. The largest absolute Gasteiger partial charge is 0.307 e. The Balaban J connectivity index is 2.15. The molecule has 0 heterocycles. The van der Waals surface area contributed by atoms with Crippen molar-refractivity contribution in [3.05, 3.63) is 71.8 Å². The molecule has 0 saturated heterocycles. The van der Waals surface area contributed by atoms with Gasteiger partial charge in [0, 0.05) is 6.54 Å². The maximum atomic E-state index is 12.4. The van der Waals surface area contributed by atoms with Crippen LogP contribution in [-0.4, -0.2) is 34.0 Å². The maximum Gasteiger partial charge on any atom is 0.216 e. The van der Waals surface area contributed by atoms with Crippen molar-refractivity contribution in [2.75, 3.05) is 20.6 Å². The van der Waals surface area contributed by atoms with Gasteiger partial charge in [0.15, 0.2) is 0 Å². The van der Waals surface area contributed by atoms with E-state index in [0.717, 1.165) is 11.1 Å². The molecule has 5 heteroatoms. The fourth-order valence-corrected chi connectivity index (χ4v) is 3.67. The second kappa shape index (κ2) is 7.54. The summed E-state index contributed by atoms with van der Waals surface area (Å²) in [4.78, 5) is 1.97. The van der Waals surface area contributed by atoms with E-state index in [0.29, 0.717) is 6.54 Å². The van der Waals surface area contributed by atoms with E-state index in [2.05, 4.69) is 4.72 Å². The quantitative estimate of drug-likeness (QED) is 0.853. The summed E-state index contributed by atoms with van der Waals surface area (Å²) >= 11 is 0. The zero-order valence-corrected chi connectivity index (χ0v) is 13.8. The first-order valence-corrected chi connectivity index (χ1v) is 8.85. The number of nitrogens with one attached hydrogen (secondary N) is 1. The zero-order valence-electron chi connectivity index (χ0n) is 12.9. The average Bonchev–Trinajstić information content (AvgIpc) is 2.47. The molecule has 22 heavy (non-hydrogen) atoms. The van der Waals surface area contributed by atoms with Crippen molar-refractivity contribution in [1.82, 2.24) is 9.62 Å². The van der Waals surface area contributed by atoms with Gasteiger partial charge in [0.1, 0.15) is 0 Å². The minimum atomic E-state index is -3.40. The molecule has 0 unspecified atom stereocenters. The highest BCUT2D eigenvalue weighted by atomic mass is 32.2. The van der Waals surface area contributed by atoms with E-state index in [9.17, 15) is 8.42 Å². The predicted molar refractivity (Wildman–Crippen MR) is 89.9 cm³/mol. The molecule has 4 nitrogen and oxygen atoms in total. The molecule has 2 rings (SSSR count). The van der Waals surface area contributed by atoms with E-state index < -0.39 is 10.0 Å². The van der Waals surface area contributed by atoms with Crippen LogP contribution in [0.1, 0.15) is 17.2 Å². The van der Waals surface area contributed by atoms with E-state index in [1.54, 1.807) is 0 Å². The smallest absolute Gasteiger partial charge is 0.216 e. The molecule has 0 aliphatic carbocycles. The molecule has 2 aromatic rings. The van der Waals surface area contributed by atoms with Crippen molar-refractivity contribution in [3.63, 3.8) is 0 Å². The van der Waals surface area contributed by atoms with E-state index in [-0.39, 0.29) is 11.8 Å². The Morgan fingerprint density at radius 1 is 0.955 bits per heavy atom. The molecule has 0 amide bonds. The van der Waals surface area contributed by atoms with E-state index >= 15 is 0 Å². The third-order valence-electron chi connectivity index (χ3n) is 3.27. The van der Waals surface area contributed by atoms with Crippen molar-refractivity contribution < 1.29 is 8.42 Å². The van der Waals surface area contributed by atoms with Gasteiger partial charge in [0.05, 0.1) is 11.8 Å². The van der Waals surface area contributed by atoms with Crippen LogP contribution in [-0.2, 0) is 15.8 Å². The van der Waals surface area contributed by atoms with Gasteiger partial charge in [0.25, 0.3) is 0 Å². The first-order valence-electron chi connectivity index (χ1n) is 7.20. The van der Waals surface area contributed by atoms with Crippen LogP contribution in [0.4, 0.5) is 0 Å². The zero-order chi connectivity index (χ0) is 16.0. The summed E-state index contributed by atoms with van der Waals surface area (Å²) in [6.07, 6.45) is 0. The van der Waals surface area contributed by atoms with Crippen molar-refractivity contribution >= 4 is 10.0 Å². The molecule has 1 atom stereocenters. The number of benzene rings is 2. The SMILES string of the molecule is CN(C)C[C@H](NS(=O)(=O)Cc1ccccc1)c1ccccc1. The Morgan fingerprint density at radius 3 is 2.05 bits per heavy atom. The van der Waals surface area contributed by atoms with Gasteiger partial charge in [-0.25, -0.2) is 13.1 Å². The molecule has 0 aliphatic rings. The fourth-order valence-electron chi connectivity index (χ4n) is 2.31. The molecular weight excluding hydrogens is 296 g/mol. The summed E-state index contributed by atoms with van der Waals surface area (Å²) in [5.41, 5.74) is 1.75. The molecular formula is C17H22N2O2S. The van der Waals surface area contributed by atoms with Gasteiger partial charge in [-0.15, -0.1) is 0 Å². The standard InChI is InChI=1S/C17H22N2O2S/c1-19(2)13-17(16-11-7-4-8-12-16)18-22(20,21)14-15-9-5-3-6-10-15/h3-12,17-18H,13-14H2,1-2H3/t17-/m0/s1. The molecule has 0 aromatic heterocycles. The lowest BCUT2D eigenvalue weighted by molar-refractivity contribution is 0.363. The van der Waals surface area contributed by atoms with Crippen LogP contribution < -0.4 is 4.72 Å². The van der Waals surface area contributed by atoms with Crippen LogP contribution in [0.2, 0.25) is 0 Å². The summed E-state index contributed by atoms with van der Waals surface area (Å²) < 4.78 is 27.7. The highest BCUT2D eigenvalue weighted by molar-refractivity contribution is 7.88. The summed E-state index contributed by atoms with van der Waals surface area (Å²) in [7, 11) is 0.460. The number of rotatable bonds is 7. The van der Waals surface area contributed by atoms with Crippen molar-refractivity contribution in [2.45, 2.75) is 11.8 Å². The molecule has 0 spiro atoms. The van der Waals surface area contributed by atoms with Gasteiger partial charge in [0.2, 0.25) is 10.0 Å². The fraction of sp³-hybridized carbons (Fsp3) is 0.294. The second-order valence-corrected chi connectivity index (χ2v) is 7.34. The first-order chi connectivity index (χ1) is 10.5. The highest BCUT2D eigenvalue weighted by Gasteiger charge is 2.20. The van der Waals surface area contributed by atoms with Crippen LogP contribution >= 0.6 is 0 Å². The third kappa shape index (κ3) is 5.26. The number of hydrogen-bond acceptors (Lipinski definition) is 3. The lowest BCUT2D eigenvalue weighted by Crippen LogP contribution is -2.35. The molecule has 0 bridgehead atoms. The topological polar surface area (TPSA) is 49.4 Å². The van der Waals surface area contributed by atoms with E-state index in [4.69, 9.17) is 0 Å². The van der Waals surface area contributed by atoms with Crippen LogP contribution in [0.3, 0.4) is 0 Å². The molecule has 0 aliphatic heterocycles. The van der Waals surface area contributed by atoms with Gasteiger partial charge in [-0.3, -0.25) is 0 Å². The Kier molecular flexibility index (Phi) is 5.71. The van der Waals surface area contributed by atoms with Crippen molar-refractivity contribution in [3.8, 4) is 0 Å². The number of likely N-dealkylation sites (N-methyl/N-ethyl adjacent to an activating group) is 1. The van der Waals surface area contributed by atoms with Gasteiger partial charge in [-0.2, -0.15) is 0 Å². The van der Waals surface area contributed by atoms with Crippen LogP contribution in [0, 0.1) is 0 Å². The molecule has 118 valence electrons. The number of hydrogen-bond donors (Lipinski definition) is 1. The summed E-state index contributed by atoms with van der Waals surface area (Å²) in [5.74, 6) is -0.00932. The monoisotopic (exact) mass is 318 g/mol. The Morgan fingerprint density at radius 2 is 1.50 bits per heavy atom. The summed E-state index contributed by atoms with van der Waals surface area (Å²) in [5, 5.41) is 0. The minimum absolute atomic E-state index is 0.00932. The summed E-state index contributed by atoms with van der Waals surface area (Å²) in [6, 6.07) is 18.6. The minimum Gasteiger partial charge on any atom is -0.307 e. The van der Waals surface area contributed by atoms with Gasteiger partial charge in [-0.1, -0.05) is 60.7 Å². The highest BCUT2D eigenvalue weighted by Crippen LogP contribution is 2.16. The molecule has 0 saturated carbocycles. The molecule has 1 N–H and O–H groups in total. The third-order valence-corrected chi connectivity index (χ3v) is 4.63. The lowest BCUT2D eigenvalue weighted by atomic mass is 10.1. The Labute approximate surface area is 132 Å². The Hall–Kier alpha value is -1.69. The van der Waals surface area contributed by atoms with Gasteiger partial charge < -0.3 is 4.90 Å². The second-order valence-electron chi connectivity index (χ2n) is 5.59. The number of nitrogens with zero attached hydrogens (tertiary/aromatic N) is 1.